The molecule has 7 nitrogen and oxygen atoms in total. The van der Waals surface area contributed by atoms with Crippen LogP contribution in [-0.2, 0) is 20.7 Å². The fraction of sp³-hybridized carbons (Fsp3) is 0.391. The van der Waals surface area contributed by atoms with Crippen LogP contribution in [-0.4, -0.2) is 63.7 Å². The Morgan fingerprint density at radius 2 is 1.87 bits per heavy atom. The third-order valence-electron chi connectivity index (χ3n) is 5.10. The highest BCUT2D eigenvalue weighted by molar-refractivity contribution is 5.94. The highest BCUT2D eigenvalue weighted by atomic mass is 16.5. The maximum atomic E-state index is 12.4. The van der Waals surface area contributed by atoms with Crippen molar-refractivity contribution in [1.82, 2.24) is 4.90 Å². The van der Waals surface area contributed by atoms with Gasteiger partial charge in [0.05, 0.1) is 26.9 Å². The predicted molar refractivity (Wildman–Crippen MR) is 117 cm³/mol. The van der Waals surface area contributed by atoms with Crippen molar-refractivity contribution in [3.8, 4) is 5.75 Å². The zero-order valence-electron chi connectivity index (χ0n) is 17.6. The summed E-state index contributed by atoms with van der Waals surface area (Å²) in [5, 5.41) is 2.85. The number of benzene rings is 2. The smallest absolute Gasteiger partial charge is 0.243 e. The van der Waals surface area contributed by atoms with Gasteiger partial charge in [-0.25, -0.2) is 0 Å². The molecule has 0 saturated carbocycles. The van der Waals surface area contributed by atoms with Gasteiger partial charge in [-0.1, -0.05) is 12.1 Å². The quantitative estimate of drug-likeness (QED) is 0.723. The molecule has 2 aromatic rings. The summed E-state index contributed by atoms with van der Waals surface area (Å²) in [5.41, 5.74) is 2.86. The monoisotopic (exact) mass is 411 g/mol. The standard InChI is InChI=1S/C23H29N3O4/c1-25(23(28)11-6-18-4-3-5-21(16-18)29-2)17-22(27)24-19-7-9-20(10-8-19)26-12-14-30-15-13-26/h3-5,7-10,16H,6,11-15,17H2,1-2H3,(H,24,27). The number of morpholine rings is 1. The summed E-state index contributed by atoms with van der Waals surface area (Å²) in [6, 6.07) is 15.4. The van der Waals surface area contributed by atoms with Crippen LogP contribution in [0.3, 0.4) is 0 Å². The van der Waals surface area contributed by atoms with Gasteiger partial charge >= 0.3 is 0 Å². The molecule has 1 N–H and O–H groups in total. The second-order valence-corrected chi connectivity index (χ2v) is 7.30. The van der Waals surface area contributed by atoms with E-state index >= 15 is 0 Å². The minimum Gasteiger partial charge on any atom is -0.497 e. The number of likely N-dealkylation sites (N-methyl/N-ethyl adjacent to an activating group) is 1. The van der Waals surface area contributed by atoms with Crippen molar-refractivity contribution in [3.63, 3.8) is 0 Å². The first-order valence-electron chi connectivity index (χ1n) is 10.1. The molecule has 1 aliphatic heterocycles. The molecule has 0 aromatic heterocycles. The summed E-state index contributed by atoms with van der Waals surface area (Å²) in [4.78, 5) is 28.4. The van der Waals surface area contributed by atoms with Gasteiger partial charge in [-0.3, -0.25) is 9.59 Å². The van der Waals surface area contributed by atoms with Crippen LogP contribution in [0.2, 0.25) is 0 Å². The molecule has 1 fully saturated rings. The molecular formula is C23H29N3O4. The maximum Gasteiger partial charge on any atom is 0.243 e. The van der Waals surface area contributed by atoms with E-state index in [1.807, 2.05) is 48.5 Å². The van der Waals surface area contributed by atoms with Gasteiger partial charge in [0.1, 0.15) is 5.75 Å². The Morgan fingerprint density at radius 1 is 1.13 bits per heavy atom. The molecular weight excluding hydrogens is 382 g/mol. The first kappa shape index (κ1) is 21.6. The molecule has 0 unspecified atom stereocenters. The maximum absolute atomic E-state index is 12.4. The van der Waals surface area contributed by atoms with Gasteiger partial charge in [0, 0.05) is 37.9 Å². The van der Waals surface area contributed by atoms with Gasteiger partial charge in [0.25, 0.3) is 0 Å². The number of nitrogens with zero attached hydrogens (tertiary/aromatic N) is 2. The molecule has 0 aliphatic carbocycles. The van der Waals surface area contributed by atoms with Crippen molar-refractivity contribution in [1.29, 1.82) is 0 Å². The van der Waals surface area contributed by atoms with Crippen molar-refractivity contribution in [2.24, 2.45) is 0 Å². The molecule has 3 rings (SSSR count). The van der Waals surface area contributed by atoms with Gasteiger partial charge in [-0.05, 0) is 48.4 Å². The molecule has 7 heteroatoms. The molecule has 1 aliphatic rings. The van der Waals surface area contributed by atoms with Crippen LogP contribution in [0.5, 0.6) is 5.75 Å². The zero-order chi connectivity index (χ0) is 21.3. The number of amides is 2. The first-order chi connectivity index (χ1) is 14.5. The van der Waals surface area contributed by atoms with Crippen LogP contribution in [0.4, 0.5) is 11.4 Å². The fourth-order valence-electron chi connectivity index (χ4n) is 3.35. The lowest BCUT2D eigenvalue weighted by atomic mass is 10.1. The van der Waals surface area contributed by atoms with E-state index in [9.17, 15) is 9.59 Å². The van der Waals surface area contributed by atoms with Crippen LogP contribution in [0.25, 0.3) is 0 Å². The van der Waals surface area contributed by atoms with E-state index in [2.05, 4.69) is 10.2 Å². The van der Waals surface area contributed by atoms with Crippen LogP contribution < -0.4 is 15.0 Å². The Morgan fingerprint density at radius 3 is 2.57 bits per heavy atom. The normalized spacial score (nSPS) is 13.6. The van der Waals surface area contributed by atoms with Crippen molar-refractivity contribution in [2.45, 2.75) is 12.8 Å². The average molecular weight is 412 g/mol. The molecule has 0 spiro atoms. The molecule has 0 radical (unpaired) electrons. The Bertz CT molecular complexity index is 848. The number of carbonyl (C=O) groups excluding carboxylic acids is 2. The second-order valence-electron chi connectivity index (χ2n) is 7.30. The minimum atomic E-state index is -0.216. The Kier molecular flexibility index (Phi) is 7.68. The lowest BCUT2D eigenvalue weighted by molar-refractivity contribution is -0.133. The van der Waals surface area contributed by atoms with E-state index < -0.39 is 0 Å². The average Bonchev–Trinajstić information content (AvgIpc) is 2.78. The third kappa shape index (κ3) is 6.22. The molecule has 1 saturated heterocycles. The van der Waals surface area contributed by atoms with Crippen LogP contribution >= 0.6 is 0 Å². The number of aryl methyl sites for hydroxylation is 1. The number of carbonyl (C=O) groups is 2. The zero-order valence-corrected chi connectivity index (χ0v) is 17.6. The van der Waals surface area contributed by atoms with Crippen LogP contribution in [0.15, 0.2) is 48.5 Å². The molecule has 160 valence electrons. The van der Waals surface area contributed by atoms with Gasteiger partial charge in [-0.15, -0.1) is 0 Å². The predicted octanol–water partition coefficient (Wildman–Crippen LogP) is 2.56. The second kappa shape index (κ2) is 10.6. The molecule has 1 heterocycles. The van der Waals surface area contributed by atoms with Crippen molar-refractivity contribution in [3.05, 3.63) is 54.1 Å². The topological polar surface area (TPSA) is 71.1 Å². The summed E-state index contributed by atoms with van der Waals surface area (Å²) >= 11 is 0. The highest BCUT2D eigenvalue weighted by Crippen LogP contribution is 2.19. The molecule has 30 heavy (non-hydrogen) atoms. The van der Waals surface area contributed by atoms with Gasteiger partial charge in [0.2, 0.25) is 11.8 Å². The van der Waals surface area contributed by atoms with E-state index in [0.717, 1.165) is 43.3 Å². The highest BCUT2D eigenvalue weighted by Gasteiger charge is 2.14. The van der Waals surface area contributed by atoms with E-state index in [1.165, 1.54) is 4.90 Å². The Hall–Kier alpha value is -3.06. The van der Waals surface area contributed by atoms with Crippen molar-refractivity contribution in [2.75, 3.05) is 57.2 Å². The number of ether oxygens (including phenoxy) is 2. The summed E-state index contributed by atoms with van der Waals surface area (Å²) in [6.07, 6.45) is 0.941. The molecule has 0 bridgehead atoms. The SMILES string of the molecule is COc1cccc(CCC(=O)N(C)CC(=O)Nc2ccc(N3CCOCC3)cc2)c1. The van der Waals surface area contributed by atoms with Crippen molar-refractivity contribution >= 4 is 23.2 Å². The molecule has 2 amide bonds. The van der Waals surface area contributed by atoms with Gasteiger partial charge < -0.3 is 24.6 Å². The van der Waals surface area contributed by atoms with Crippen LogP contribution in [0, 0.1) is 0 Å². The van der Waals surface area contributed by atoms with E-state index in [0.29, 0.717) is 18.5 Å². The van der Waals surface area contributed by atoms with E-state index in [4.69, 9.17) is 9.47 Å². The number of nitrogens with one attached hydrogen (secondary N) is 1. The first-order valence-corrected chi connectivity index (χ1v) is 10.1. The number of hydrogen-bond donors (Lipinski definition) is 1. The summed E-state index contributed by atoms with van der Waals surface area (Å²) in [5.74, 6) is 0.481. The third-order valence-corrected chi connectivity index (χ3v) is 5.10. The number of methoxy groups -OCH3 is 1. The molecule has 2 aromatic carbocycles. The lowest BCUT2D eigenvalue weighted by Gasteiger charge is -2.28. The summed E-state index contributed by atoms with van der Waals surface area (Å²) in [6.45, 7) is 3.22. The summed E-state index contributed by atoms with van der Waals surface area (Å²) < 4.78 is 10.6. The van der Waals surface area contributed by atoms with E-state index in [-0.39, 0.29) is 18.4 Å². The minimum absolute atomic E-state index is 0.0160. The fourth-order valence-corrected chi connectivity index (χ4v) is 3.35. The Balaban J connectivity index is 1.44. The van der Waals surface area contributed by atoms with E-state index in [1.54, 1.807) is 14.2 Å². The lowest BCUT2D eigenvalue weighted by Crippen LogP contribution is -2.36. The van der Waals surface area contributed by atoms with Crippen LogP contribution in [0.1, 0.15) is 12.0 Å². The van der Waals surface area contributed by atoms with Gasteiger partial charge in [0.15, 0.2) is 0 Å². The van der Waals surface area contributed by atoms with Gasteiger partial charge in [-0.2, -0.15) is 0 Å². The largest absolute Gasteiger partial charge is 0.497 e. The molecule has 0 atom stereocenters. The van der Waals surface area contributed by atoms with Crippen molar-refractivity contribution < 1.29 is 19.1 Å². The number of hydrogen-bond acceptors (Lipinski definition) is 5. The number of anilines is 2. The summed E-state index contributed by atoms with van der Waals surface area (Å²) in [7, 11) is 3.27. The number of rotatable bonds is 8. The Labute approximate surface area is 177 Å².